The number of hydrogen-bond acceptors (Lipinski definition) is 7. The van der Waals surface area contributed by atoms with Crippen LogP contribution in [0.25, 0.3) is 0 Å². The predicted molar refractivity (Wildman–Crippen MR) is 127 cm³/mol. The lowest BCUT2D eigenvalue weighted by Gasteiger charge is -2.22. The van der Waals surface area contributed by atoms with E-state index in [1.807, 2.05) is 13.8 Å². The van der Waals surface area contributed by atoms with E-state index in [1.165, 1.54) is 12.1 Å². The van der Waals surface area contributed by atoms with Crippen molar-refractivity contribution in [1.29, 1.82) is 0 Å². The first-order chi connectivity index (χ1) is 16.0. The molecule has 0 aliphatic rings. The summed E-state index contributed by atoms with van der Waals surface area (Å²) >= 11 is 0. The third-order valence-electron chi connectivity index (χ3n) is 5.07. The maximum atomic E-state index is 12.8. The van der Waals surface area contributed by atoms with Gasteiger partial charge in [0.25, 0.3) is 0 Å². The number of nitrogens with one attached hydrogen (secondary N) is 3. The fourth-order valence-electron chi connectivity index (χ4n) is 3.26. The molecule has 1 rings (SSSR count). The number of nitrogens with two attached hydrogens (primary N) is 2. The highest BCUT2D eigenvalue weighted by molar-refractivity contribution is 5.92. The SMILES string of the molecule is CC(C)CC(N)C(=O)NCC(=O)NC(CCCCN)C(=O)NC(Cc1ccc(O)cc1)C(=O)O. The van der Waals surface area contributed by atoms with Crippen molar-refractivity contribution >= 4 is 23.7 Å². The van der Waals surface area contributed by atoms with Crippen LogP contribution in [0.3, 0.4) is 0 Å². The molecular weight excluding hydrogens is 442 g/mol. The molecule has 9 N–H and O–H groups in total. The molecule has 1 aromatic rings. The van der Waals surface area contributed by atoms with Crippen LogP contribution in [0.15, 0.2) is 24.3 Å². The average Bonchev–Trinajstić information content (AvgIpc) is 2.77. The van der Waals surface area contributed by atoms with E-state index < -0.39 is 41.8 Å². The minimum Gasteiger partial charge on any atom is -0.508 e. The lowest BCUT2D eigenvalue weighted by molar-refractivity contribution is -0.142. The van der Waals surface area contributed by atoms with Gasteiger partial charge in [0.05, 0.1) is 12.6 Å². The van der Waals surface area contributed by atoms with Crippen LogP contribution in [0.4, 0.5) is 0 Å². The lowest BCUT2D eigenvalue weighted by Crippen LogP contribution is -2.54. The molecule has 0 saturated heterocycles. The van der Waals surface area contributed by atoms with Crippen LogP contribution in [-0.2, 0) is 25.6 Å². The van der Waals surface area contributed by atoms with Crippen molar-refractivity contribution in [1.82, 2.24) is 16.0 Å². The topological polar surface area (TPSA) is 197 Å². The summed E-state index contributed by atoms with van der Waals surface area (Å²) in [5, 5.41) is 26.4. The number of aliphatic carboxylic acids is 1. The number of carbonyl (C=O) groups excluding carboxylic acids is 3. The highest BCUT2D eigenvalue weighted by Crippen LogP contribution is 2.12. The molecule has 0 bridgehead atoms. The molecule has 3 atom stereocenters. The number of phenols is 1. The van der Waals surface area contributed by atoms with Gasteiger partial charge in [0, 0.05) is 6.42 Å². The van der Waals surface area contributed by atoms with Crippen molar-refractivity contribution in [2.24, 2.45) is 17.4 Å². The fraction of sp³-hybridized carbons (Fsp3) is 0.565. The van der Waals surface area contributed by atoms with Crippen LogP contribution in [0.5, 0.6) is 5.75 Å². The Bertz CT molecular complexity index is 815. The van der Waals surface area contributed by atoms with Gasteiger partial charge in [0.15, 0.2) is 0 Å². The summed E-state index contributed by atoms with van der Waals surface area (Å²) in [6, 6.07) is 2.99. The van der Waals surface area contributed by atoms with E-state index >= 15 is 0 Å². The summed E-state index contributed by atoms with van der Waals surface area (Å²) in [4.78, 5) is 48.9. The van der Waals surface area contributed by atoms with E-state index in [2.05, 4.69) is 16.0 Å². The molecule has 0 spiro atoms. The summed E-state index contributed by atoms with van der Waals surface area (Å²) in [6.07, 6.45) is 1.87. The average molecular weight is 480 g/mol. The van der Waals surface area contributed by atoms with E-state index in [0.29, 0.717) is 31.4 Å². The standard InChI is InChI=1S/C23H37N5O6/c1-14(2)11-17(25)21(31)26-13-20(30)27-18(5-3-4-10-24)22(32)28-19(23(33)34)12-15-6-8-16(29)9-7-15/h6-9,14,17-19,29H,3-5,10-13,24-25H2,1-2H3,(H,26,31)(H,27,30)(H,28,32)(H,33,34). The maximum Gasteiger partial charge on any atom is 0.326 e. The predicted octanol–water partition coefficient (Wildman–Crippen LogP) is -0.392. The third kappa shape index (κ3) is 11.1. The number of carboxylic acids is 1. The molecule has 0 radical (unpaired) electrons. The summed E-state index contributed by atoms with van der Waals surface area (Å²) in [5.74, 6) is -2.69. The van der Waals surface area contributed by atoms with Crippen LogP contribution in [0.1, 0.15) is 45.1 Å². The van der Waals surface area contributed by atoms with Gasteiger partial charge in [-0.1, -0.05) is 26.0 Å². The Labute approximate surface area is 199 Å². The van der Waals surface area contributed by atoms with Crippen LogP contribution in [0.2, 0.25) is 0 Å². The van der Waals surface area contributed by atoms with Gasteiger partial charge < -0.3 is 37.6 Å². The van der Waals surface area contributed by atoms with Crippen molar-refractivity contribution in [2.45, 2.75) is 64.1 Å². The van der Waals surface area contributed by atoms with Gasteiger partial charge in [0.2, 0.25) is 17.7 Å². The van der Waals surface area contributed by atoms with Crippen LogP contribution >= 0.6 is 0 Å². The molecule has 3 unspecified atom stereocenters. The Kier molecular flexibility index (Phi) is 12.6. The second-order valence-corrected chi connectivity index (χ2v) is 8.63. The smallest absolute Gasteiger partial charge is 0.326 e. The monoisotopic (exact) mass is 479 g/mol. The lowest BCUT2D eigenvalue weighted by atomic mass is 10.0. The van der Waals surface area contributed by atoms with Crippen molar-refractivity contribution in [3.05, 3.63) is 29.8 Å². The van der Waals surface area contributed by atoms with Gasteiger partial charge >= 0.3 is 5.97 Å². The van der Waals surface area contributed by atoms with Crippen LogP contribution < -0.4 is 27.4 Å². The highest BCUT2D eigenvalue weighted by Gasteiger charge is 2.27. The van der Waals surface area contributed by atoms with E-state index in [9.17, 15) is 29.4 Å². The molecule has 11 nitrogen and oxygen atoms in total. The first kappa shape index (κ1) is 28.9. The minimum absolute atomic E-state index is 0.00534. The number of hydrogen-bond donors (Lipinski definition) is 7. The number of amides is 3. The molecule has 0 saturated carbocycles. The van der Waals surface area contributed by atoms with Crippen molar-refractivity contribution in [3.8, 4) is 5.75 Å². The number of benzene rings is 1. The molecule has 11 heteroatoms. The number of aromatic hydroxyl groups is 1. The minimum atomic E-state index is -1.24. The Morgan fingerprint density at radius 3 is 2.18 bits per heavy atom. The molecule has 0 aromatic heterocycles. The Hall–Kier alpha value is -3.18. The van der Waals surface area contributed by atoms with Gasteiger partial charge in [-0.15, -0.1) is 0 Å². The van der Waals surface area contributed by atoms with Crippen molar-refractivity contribution < 1.29 is 29.4 Å². The first-order valence-electron chi connectivity index (χ1n) is 11.4. The van der Waals surface area contributed by atoms with Gasteiger partial charge in [-0.05, 0) is 55.8 Å². The zero-order valence-corrected chi connectivity index (χ0v) is 19.8. The van der Waals surface area contributed by atoms with Crippen molar-refractivity contribution in [2.75, 3.05) is 13.1 Å². The van der Waals surface area contributed by atoms with E-state index in [1.54, 1.807) is 12.1 Å². The normalized spacial score (nSPS) is 13.6. The van der Waals surface area contributed by atoms with E-state index in [-0.39, 0.29) is 31.1 Å². The van der Waals surface area contributed by atoms with Crippen LogP contribution in [0, 0.1) is 5.92 Å². The highest BCUT2D eigenvalue weighted by atomic mass is 16.4. The zero-order valence-electron chi connectivity index (χ0n) is 19.8. The number of carbonyl (C=O) groups is 4. The van der Waals surface area contributed by atoms with Gasteiger partial charge in [-0.25, -0.2) is 4.79 Å². The Balaban J connectivity index is 2.76. The number of carboxylic acid groups (broad SMARTS) is 1. The largest absolute Gasteiger partial charge is 0.508 e. The molecule has 0 aliphatic carbocycles. The van der Waals surface area contributed by atoms with Gasteiger partial charge in [0.1, 0.15) is 17.8 Å². The molecule has 3 amide bonds. The van der Waals surface area contributed by atoms with E-state index in [0.717, 1.165) is 0 Å². The van der Waals surface area contributed by atoms with Crippen LogP contribution in [-0.4, -0.2) is 65.1 Å². The quantitative estimate of drug-likeness (QED) is 0.165. The number of phenolic OH excluding ortho intramolecular Hbond substituents is 1. The third-order valence-corrected chi connectivity index (χ3v) is 5.07. The summed E-state index contributed by atoms with van der Waals surface area (Å²) in [6.45, 7) is 3.90. The first-order valence-corrected chi connectivity index (χ1v) is 11.4. The summed E-state index contributed by atoms with van der Waals surface area (Å²) in [7, 11) is 0. The van der Waals surface area contributed by atoms with Crippen molar-refractivity contribution in [3.63, 3.8) is 0 Å². The maximum absolute atomic E-state index is 12.8. The molecular formula is C23H37N5O6. The number of rotatable bonds is 15. The molecule has 1 aromatic carbocycles. The number of unbranched alkanes of at least 4 members (excludes halogenated alkanes) is 1. The molecule has 34 heavy (non-hydrogen) atoms. The Morgan fingerprint density at radius 1 is 0.971 bits per heavy atom. The molecule has 0 aliphatic heterocycles. The molecule has 0 heterocycles. The second kappa shape index (κ2) is 14.9. The summed E-state index contributed by atoms with van der Waals surface area (Å²) < 4.78 is 0. The Morgan fingerprint density at radius 2 is 1.62 bits per heavy atom. The van der Waals surface area contributed by atoms with Gasteiger partial charge in [-0.3, -0.25) is 14.4 Å². The van der Waals surface area contributed by atoms with Gasteiger partial charge in [-0.2, -0.15) is 0 Å². The molecule has 190 valence electrons. The fourth-order valence-corrected chi connectivity index (χ4v) is 3.26. The second-order valence-electron chi connectivity index (χ2n) is 8.63. The van der Waals surface area contributed by atoms with E-state index in [4.69, 9.17) is 11.5 Å². The summed E-state index contributed by atoms with van der Waals surface area (Å²) in [5.41, 5.74) is 11.9. The molecule has 0 fully saturated rings. The zero-order chi connectivity index (χ0) is 25.7.